The number of hydrogen-bond acceptors (Lipinski definition) is 4. The van der Waals surface area contributed by atoms with Crippen molar-refractivity contribution in [1.29, 1.82) is 0 Å². The van der Waals surface area contributed by atoms with E-state index in [0.29, 0.717) is 6.61 Å². The Kier molecular flexibility index (Phi) is 4.96. The van der Waals surface area contributed by atoms with E-state index in [1.165, 1.54) is 0 Å². The number of carbonyl (C=O) groups excluding carboxylic acids is 1. The minimum atomic E-state index is -0.101. The molecule has 5 heteroatoms. The molecule has 0 aromatic carbocycles. The van der Waals surface area contributed by atoms with Crippen LogP contribution in [0.25, 0.3) is 0 Å². The van der Waals surface area contributed by atoms with Crippen molar-refractivity contribution in [2.24, 2.45) is 0 Å². The fourth-order valence-electron chi connectivity index (χ4n) is 2.65. The molecule has 1 atom stereocenters. The van der Waals surface area contributed by atoms with Crippen LogP contribution in [0.1, 0.15) is 38.9 Å². The summed E-state index contributed by atoms with van der Waals surface area (Å²) < 4.78 is 7.30. The largest absolute Gasteiger partial charge is 0.465 e. The van der Waals surface area contributed by atoms with Gasteiger partial charge in [-0.1, -0.05) is 6.42 Å². The molecule has 1 fully saturated rings. The standard InChI is InChI=1S/C14H23N3O2/c1-3-16-10-8-15-13(16)11-17-9-6-5-7-12(17)14(18)19-4-2/h8,10,12H,3-7,9,11H2,1-2H3. The average molecular weight is 265 g/mol. The van der Waals surface area contributed by atoms with Gasteiger partial charge in [-0.2, -0.15) is 0 Å². The van der Waals surface area contributed by atoms with Crippen LogP contribution < -0.4 is 0 Å². The maximum absolute atomic E-state index is 12.0. The molecule has 1 aromatic rings. The highest BCUT2D eigenvalue weighted by molar-refractivity contribution is 5.75. The van der Waals surface area contributed by atoms with Crippen molar-refractivity contribution in [3.63, 3.8) is 0 Å². The number of aryl methyl sites for hydroxylation is 1. The van der Waals surface area contributed by atoms with Gasteiger partial charge < -0.3 is 9.30 Å². The van der Waals surface area contributed by atoms with E-state index in [-0.39, 0.29) is 12.0 Å². The number of imidazole rings is 1. The molecule has 1 aliphatic rings. The molecule has 1 aliphatic heterocycles. The maximum Gasteiger partial charge on any atom is 0.323 e. The third kappa shape index (κ3) is 3.35. The van der Waals surface area contributed by atoms with Crippen molar-refractivity contribution in [3.05, 3.63) is 18.2 Å². The van der Waals surface area contributed by atoms with Crippen molar-refractivity contribution in [1.82, 2.24) is 14.5 Å². The fourth-order valence-corrected chi connectivity index (χ4v) is 2.65. The number of aromatic nitrogens is 2. The van der Waals surface area contributed by atoms with Crippen molar-refractivity contribution < 1.29 is 9.53 Å². The summed E-state index contributed by atoms with van der Waals surface area (Å²) in [4.78, 5) is 18.6. The Morgan fingerprint density at radius 1 is 1.47 bits per heavy atom. The molecule has 0 amide bonds. The zero-order valence-corrected chi connectivity index (χ0v) is 11.8. The first-order valence-electron chi connectivity index (χ1n) is 7.17. The fraction of sp³-hybridized carbons (Fsp3) is 0.714. The van der Waals surface area contributed by atoms with Crippen LogP contribution in [0.3, 0.4) is 0 Å². The SMILES string of the molecule is CCOC(=O)C1CCCCN1Cc1nccn1CC. The molecule has 1 unspecified atom stereocenters. The zero-order chi connectivity index (χ0) is 13.7. The zero-order valence-electron chi connectivity index (χ0n) is 11.8. The van der Waals surface area contributed by atoms with Gasteiger partial charge in [0.1, 0.15) is 11.9 Å². The number of piperidine rings is 1. The van der Waals surface area contributed by atoms with E-state index in [9.17, 15) is 4.79 Å². The molecule has 0 radical (unpaired) electrons. The van der Waals surface area contributed by atoms with Crippen LogP contribution in [0.5, 0.6) is 0 Å². The highest BCUT2D eigenvalue weighted by atomic mass is 16.5. The number of esters is 1. The molecule has 2 heterocycles. The highest BCUT2D eigenvalue weighted by Crippen LogP contribution is 2.20. The van der Waals surface area contributed by atoms with Gasteiger partial charge in [0.2, 0.25) is 0 Å². The Bertz CT molecular complexity index is 417. The predicted octanol–water partition coefficient (Wildman–Crippen LogP) is 1.82. The van der Waals surface area contributed by atoms with Crippen molar-refractivity contribution in [2.45, 2.75) is 52.2 Å². The molecule has 1 aromatic heterocycles. The average Bonchev–Trinajstić information content (AvgIpc) is 2.87. The summed E-state index contributed by atoms with van der Waals surface area (Å²) in [7, 11) is 0. The predicted molar refractivity (Wildman–Crippen MR) is 72.6 cm³/mol. The van der Waals surface area contributed by atoms with Crippen LogP contribution in [0, 0.1) is 0 Å². The lowest BCUT2D eigenvalue weighted by Gasteiger charge is -2.33. The summed E-state index contributed by atoms with van der Waals surface area (Å²) >= 11 is 0. The quantitative estimate of drug-likeness (QED) is 0.762. The second-order valence-corrected chi connectivity index (χ2v) is 4.86. The summed E-state index contributed by atoms with van der Waals surface area (Å²) in [5.74, 6) is 0.940. The molecule has 19 heavy (non-hydrogen) atoms. The summed E-state index contributed by atoms with van der Waals surface area (Å²) in [5, 5.41) is 0. The van der Waals surface area contributed by atoms with Gasteiger partial charge in [-0.25, -0.2) is 4.98 Å². The van der Waals surface area contributed by atoms with Gasteiger partial charge in [-0.3, -0.25) is 9.69 Å². The summed E-state index contributed by atoms with van der Waals surface area (Å²) in [5.41, 5.74) is 0. The van der Waals surface area contributed by atoms with Gasteiger partial charge >= 0.3 is 5.97 Å². The van der Waals surface area contributed by atoms with Crippen LogP contribution >= 0.6 is 0 Å². The third-order valence-corrected chi connectivity index (χ3v) is 3.66. The molecular formula is C14H23N3O2. The number of nitrogens with zero attached hydrogens (tertiary/aromatic N) is 3. The molecule has 0 spiro atoms. The van der Waals surface area contributed by atoms with Gasteiger partial charge in [-0.15, -0.1) is 0 Å². The number of hydrogen-bond donors (Lipinski definition) is 0. The van der Waals surface area contributed by atoms with Crippen molar-refractivity contribution >= 4 is 5.97 Å². The van der Waals surface area contributed by atoms with Crippen LogP contribution in [0.4, 0.5) is 0 Å². The molecule has 1 saturated heterocycles. The van der Waals surface area contributed by atoms with E-state index in [0.717, 1.165) is 44.7 Å². The first-order valence-corrected chi connectivity index (χ1v) is 7.17. The number of rotatable bonds is 5. The lowest BCUT2D eigenvalue weighted by Crippen LogP contribution is -2.45. The van der Waals surface area contributed by atoms with Gasteiger partial charge in [-0.05, 0) is 33.2 Å². The summed E-state index contributed by atoms with van der Waals surface area (Å²) in [6, 6.07) is -0.101. The van der Waals surface area contributed by atoms with E-state index >= 15 is 0 Å². The number of carbonyl (C=O) groups is 1. The molecule has 0 bridgehead atoms. The molecule has 2 rings (SSSR count). The lowest BCUT2D eigenvalue weighted by atomic mass is 10.0. The van der Waals surface area contributed by atoms with Crippen LogP contribution in [-0.2, 0) is 22.6 Å². The summed E-state index contributed by atoms with van der Waals surface area (Å²) in [6.07, 6.45) is 6.94. The lowest BCUT2D eigenvalue weighted by molar-refractivity contribution is -0.151. The minimum Gasteiger partial charge on any atom is -0.465 e. The van der Waals surface area contributed by atoms with Crippen molar-refractivity contribution in [3.8, 4) is 0 Å². The van der Waals surface area contributed by atoms with E-state index < -0.39 is 0 Å². The Morgan fingerprint density at radius 3 is 3.05 bits per heavy atom. The first kappa shape index (κ1) is 14.1. The van der Waals surface area contributed by atoms with Gasteiger partial charge in [0, 0.05) is 18.9 Å². The van der Waals surface area contributed by atoms with Crippen molar-refractivity contribution in [2.75, 3.05) is 13.2 Å². The Labute approximate surface area is 114 Å². The topological polar surface area (TPSA) is 47.4 Å². The third-order valence-electron chi connectivity index (χ3n) is 3.66. The summed E-state index contributed by atoms with van der Waals surface area (Å²) in [6.45, 7) is 6.99. The van der Waals surface area contributed by atoms with Crippen LogP contribution in [0.2, 0.25) is 0 Å². The van der Waals surface area contributed by atoms with Crippen LogP contribution in [-0.4, -0.2) is 39.6 Å². The van der Waals surface area contributed by atoms with E-state index in [1.54, 1.807) is 0 Å². The van der Waals surface area contributed by atoms with E-state index in [1.807, 2.05) is 19.3 Å². The Hall–Kier alpha value is -1.36. The molecule has 106 valence electrons. The van der Waals surface area contributed by atoms with Gasteiger partial charge in [0.15, 0.2) is 0 Å². The van der Waals surface area contributed by atoms with Crippen LogP contribution in [0.15, 0.2) is 12.4 Å². The van der Waals surface area contributed by atoms with Gasteiger partial charge in [0.25, 0.3) is 0 Å². The maximum atomic E-state index is 12.0. The number of likely N-dealkylation sites (tertiary alicyclic amines) is 1. The smallest absolute Gasteiger partial charge is 0.323 e. The monoisotopic (exact) mass is 265 g/mol. The molecule has 5 nitrogen and oxygen atoms in total. The van der Waals surface area contributed by atoms with E-state index in [4.69, 9.17) is 4.74 Å². The molecule has 0 aliphatic carbocycles. The first-order chi connectivity index (χ1) is 9.26. The number of ether oxygens (including phenoxy) is 1. The second-order valence-electron chi connectivity index (χ2n) is 4.86. The van der Waals surface area contributed by atoms with Gasteiger partial charge in [0.05, 0.1) is 13.2 Å². The second kappa shape index (κ2) is 6.70. The molecule has 0 saturated carbocycles. The molecule has 0 N–H and O–H groups in total. The Morgan fingerprint density at radius 2 is 2.32 bits per heavy atom. The highest BCUT2D eigenvalue weighted by Gasteiger charge is 2.30. The normalized spacial score (nSPS) is 20.4. The molecular weight excluding hydrogens is 242 g/mol. The van der Waals surface area contributed by atoms with E-state index in [2.05, 4.69) is 21.4 Å². The minimum absolute atomic E-state index is 0.0863. The Balaban J connectivity index is 2.05.